The van der Waals surface area contributed by atoms with Crippen LogP contribution >= 0.6 is 11.6 Å². The molecular formula is C14H18ClNO4S. The number of hydrogen-bond acceptors (Lipinski definition) is 4. The minimum absolute atomic E-state index is 0.107. The van der Waals surface area contributed by atoms with Crippen molar-refractivity contribution >= 4 is 27.6 Å². The molecule has 5 nitrogen and oxygen atoms in total. The van der Waals surface area contributed by atoms with E-state index in [0.29, 0.717) is 0 Å². The molecule has 1 saturated carbocycles. The average molecular weight is 332 g/mol. The molecule has 0 amide bonds. The second kappa shape index (κ2) is 6.77. The number of benzene rings is 1. The summed E-state index contributed by atoms with van der Waals surface area (Å²) in [5.41, 5.74) is 0.107. The Kier molecular flexibility index (Phi) is 5.24. The van der Waals surface area contributed by atoms with Gasteiger partial charge >= 0.3 is 5.97 Å². The zero-order valence-corrected chi connectivity index (χ0v) is 13.1. The van der Waals surface area contributed by atoms with Crippen molar-refractivity contribution in [2.24, 2.45) is 5.14 Å². The van der Waals surface area contributed by atoms with Gasteiger partial charge in [-0.2, -0.15) is 0 Å². The molecule has 0 aromatic heterocycles. The second-order valence-electron chi connectivity index (χ2n) is 5.24. The molecule has 0 saturated heterocycles. The highest BCUT2D eigenvalue weighted by molar-refractivity contribution is 7.89. The number of primary sulfonamides is 1. The summed E-state index contributed by atoms with van der Waals surface area (Å²) < 4.78 is 28.2. The van der Waals surface area contributed by atoms with Gasteiger partial charge in [0.15, 0.2) is 0 Å². The summed E-state index contributed by atoms with van der Waals surface area (Å²) in [5.74, 6) is -0.561. The third-order valence-electron chi connectivity index (χ3n) is 3.51. The lowest BCUT2D eigenvalue weighted by Crippen LogP contribution is -2.18. The highest BCUT2D eigenvalue weighted by Crippen LogP contribution is 2.23. The number of nitrogens with two attached hydrogens (primary N) is 1. The highest BCUT2D eigenvalue weighted by atomic mass is 35.5. The van der Waals surface area contributed by atoms with Crippen molar-refractivity contribution in [1.82, 2.24) is 0 Å². The molecule has 0 heterocycles. The fourth-order valence-corrected chi connectivity index (χ4v) is 3.31. The average Bonchev–Trinajstić information content (AvgIpc) is 2.65. The van der Waals surface area contributed by atoms with Crippen LogP contribution in [-0.4, -0.2) is 20.5 Å². The number of hydrogen-bond donors (Lipinski definition) is 1. The zero-order chi connectivity index (χ0) is 15.5. The summed E-state index contributed by atoms with van der Waals surface area (Å²) in [7, 11) is -3.91. The summed E-state index contributed by atoms with van der Waals surface area (Å²) in [6.45, 7) is 0. The molecule has 116 valence electrons. The molecule has 21 heavy (non-hydrogen) atoms. The molecule has 0 unspecified atom stereocenters. The number of sulfonamides is 1. The van der Waals surface area contributed by atoms with Gasteiger partial charge in [0.2, 0.25) is 10.0 Å². The second-order valence-corrected chi connectivity index (χ2v) is 7.24. The number of rotatable bonds is 3. The molecule has 0 atom stereocenters. The first kappa shape index (κ1) is 16.3. The van der Waals surface area contributed by atoms with Gasteiger partial charge in [0.25, 0.3) is 0 Å². The van der Waals surface area contributed by atoms with Crippen LogP contribution < -0.4 is 5.14 Å². The summed E-state index contributed by atoms with van der Waals surface area (Å²) >= 11 is 5.84. The lowest BCUT2D eigenvalue weighted by Gasteiger charge is -2.15. The van der Waals surface area contributed by atoms with E-state index in [1.807, 2.05) is 0 Å². The van der Waals surface area contributed by atoms with Gasteiger partial charge in [0, 0.05) is 5.02 Å². The molecule has 0 spiro atoms. The van der Waals surface area contributed by atoms with Gasteiger partial charge in [-0.15, -0.1) is 0 Å². The van der Waals surface area contributed by atoms with E-state index in [1.165, 1.54) is 18.2 Å². The molecule has 0 aliphatic heterocycles. The molecular weight excluding hydrogens is 314 g/mol. The smallest absolute Gasteiger partial charge is 0.338 e. The molecule has 0 bridgehead atoms. The number of esters is 1. The first-order valence-electron chi connectivity index (χ1n) is 6.90. The monoisotopic (exact) mass is 331 g/mol. The normalized spacial score (nSPS) is 17.2. The largest absolute Gasteiger partial charge is 0.459 e. The molecule has 1 aromatic rings. The van der Waals surface area contributed by atoms with E-state index >= 15 is 0 Å². The Morgan fingerprint density at radius 3 is 2.33 bits per heavy atom. The van der Waals surface area contributed by atoms with E-state index in [0.717, 1.165) is 38.5 Å². The third-order valence-corrected chi connectivity index (χ3v) is 4.62. The van der Waals surface area contributed by atoms with Gasteiger partial charge in [-0.05, 0) is 43.9 Å². The van der Waals surface area contributed by atoms with E-state index in [2.05, 4.69) is 0 Å². The highest BCUT2D eigenvalue weighted by Gasteiger charge is 2.20. The van der Waals surface area contributed by atoms with E-state index in [-0.39, 0.29) is 21.6 Å². The molecule has 1 aliphatic carbocycles. The number of ether oxygens (including phenoxy) is 1. The Morgan fingerprint density at radius 1 is 1.14 bits per heavy atom. The molecule has 1 fully saturated rings. The maximum atomic E-state index is 12.1. The van der Waals surface area contributed by atoms with E-state index < -0.39 is 16.0 Å². The van der Waals surface area contributed by atoms with Crippen LogP contribution in [0.2, 0.25) is 5.02 Å². The third kappa shape index (κ3) is 4.69. The molecule has 1 aliphatic rings. The lowest BCUT2D eigenvalue weighted by atomic mass is 10.1. The first-order chi connectivity index (χ1) is 9.86. The van der Waals surface area contributed by atoms with Gasteiger partial charge in [0.1, 0.15) is 6.10 Å². The predicted molar refractivity (Wildman–Crippen MR) is 79.7 cm³/mol. The summed E-state index contributed by atoms with van der Waals surface area (Å²) in [5, 5.41) is 5.19. The molecule has 1 aromatic carbocycles. The first-order valence-corrected chi connectivity index (χ1v) is 8.83. The number of carbonyl (C=O) groups is 1. The fourth-order valence-electron chi connectivity index (χ4n) is 2.42. The SMILES string of the molecule is NS(=O)(=O)c1cc(Cl)cc(C(=O)OC2CCCCCC2)c1. The van der Waals surface area contributed by atoms with E-state index in [9.17, 15) is 13.2 Å². The molecule has 7 heteroatoms. The molecule has 0 radical (unpaired) electrons. The van der Waals surface area contributed by atoms with E-state index in [4.69, 9.17) is 21.5 Å². The van der Waals surface area contributed by atoms with Gasteiger partial charge < -0.3 is 4.74 Å². The summed E-state index contributed by atoms with van der Waals surface area (Å²) in [4.78, 5) is 11.9. The van der Waals surface area contributed by atoms with Crippen LogP contribution in [0.1, 0.15) is 48.9 Å². The Hall–Kier alpha value is -1.11. The van der Waals surface area contributed by atoms with Crippen molar-refractivity contribution in [2.45, 2.75) is 49.5 Å². The minimum Gasteiger partial charge on any atom is -0.459 e. The van der Waals surface area contributed by atoms with Gasteiger partial charge in [-0.1, -0.05) is 24.4 Å². The van der Waals surface area contributed by atoms with Crippen molar-refractivity contribution in [3.05, 3.63) is 28.8 Å². The van der Waals surface area contributed by atoms with Crippen LogP contribution in [0.5, 0.6) is 0 Å². The Bertz CT molecular complexity index is 622. The Balaban J connectivity index is 2.17. The van der Waals surface area contributed by atoms with Crippen molar-refractivity contribution in [3.8, 4) is 0 Å². The molecule has 2 N–H and O–H groups in total. The van der Waals surface area contributed by atoms with Crippen LogP contribution in [0.3, 0.4) is 0 Å². The molecule has 2 rings (SSSR count). The number of halogens is 1. The maximum absolute atomic E-state index is 12.1. The predicted octanol–water partition coefficient (Wildman–Crippen LogP) is 2.87. The van der Waals surface area contributed by atoms with Crippen LogP contribution in [0.25, 0.3) is 0 Å². The standard InChI is InChI=1S/C14H18ClNO4S/c15-11-7-10(8-13(9-11)21(16,18)19)14(17)20-12-5-3-1-2-4-6-12/h7-9,12H,1-6H2,(H2,16,18,19). The zero-order valence-electron chi connectivity index (χ0n) is 11.5. The van der Waals surface area contributed by atoms with Crippen molar-refractivity contribution in [1.29, 1.82) is 0 Å². The Morgan fingerprint density at radius 2 is 1.76 bits per heavy atom. The van der Waals surface area contributed by atoms with Crippen LogP contribution in [0, 0.1) is 0 Å². The summed E-state index contributed by atoms with van der Waals surface area (Å²) in [6.07, 6.45) is 5.95. The lowest BCUT2D eigenvalue weighted by molar-refractivity contribution is 0.0267. The topological polar surface area (TPSA) is 86.5 Å². The van der Waals surface area contributed by atoms with Crippen molar-refractivity contribution in [2.75, 3.05) is 0 Å². The van der Waals surface area contributed by atoms with Gasteiger partial charge in [-0.25, -0.2) is 18.4 Å². The van der Waals surface area contributed by atoms with Gasteiger partial charge in [-0.3, -0.25) is 0 Å². The van der Waals surface area contributed by atoms with Crippen molar-refractivity contribution in [3.63, 3.8) is 0 Å². The van der Waals surface area contributed by atoms with Crippen LogP contribution in [0.15, 0.2) is 23.1 Å². The van der Waals surface area contributed by atoms with E-state index in [1.54, 1.807) is 0 Å². The van der Waals surface area contributed by atoms with Crippen LogP contribution in [-0.2, 0) is 14.8 Å². The van der Waals surface area contributed by atoms with Crippen LogP contribution in [0.4, 0.5) is 0 Å². The quantitative estimate of drug-likeness (QED) is 0.681. The number of carbonyl (C=O) groups excluding carboxylic acids is 1. The van der Waals surface area contributed by atoms with Crippen molar-refractivity contribution < 1.29 is 17.9 Å². The minimum atomic E-state index is -3.91. The summed E-state index contributed by atoms with van der Waals surface area (Å²) in [6, 6.07) is 3.79. The fraction of sp³-hybridized carbons (Fsp3) is 0.500. The maximum Gasteiger partial charge on any atom is 0.338 e. The van der Waals surface area contributed by atoms with Gasteiger partial charge in [0.05, 0.1) is 10.5 Å². The Labute approximate surface area is 129 Å².